The molecule has 1 N–H and O–H groups in total. The minimum absolute atomic E-state index is 0.0701. The van der Waals surface area contributed by atoms with Gasteiger partial charge in [0.15, 0.2) is 0 Å². The summed E-state index contributed by atoms with van der Waals surface area (Å²) >= 11 is 0. The lowest BCUT2D eigenvalue weighted by Gasteiger charge is -2.29. The monoisotopic (exact) mass is 223 g/mol. The second-order valence-electron chi connectivity index (χ2n) is 4.28. The van der Waals surface area contributed by atoms with Gasteiger partial charge in [0.05, 0.1) is 6.61 Å². The maximum atomic E-state index is 11.6. The van der Waals surface area contributed by atoms with Crippen LogP contribution in [0.3, 0.4) is 0 Å². The summed E-state index contributed by atoms with van der Waals surface area (Å²) < 4.78 is 5.61. The van der Waals surface area contributed by atoms with Gasteiger partial charge in [-0.2, -0.15) is 0 Å². The van der Waals surface area contributed by atoms with Crippen LogP contribution >= 0.6 is 0 Å². The van der Waals surface area contributed by atoms with E-state index in [0.29, 0.717) is 18.0 Å². The molecule has 1 aromatic rings. The van der Waals surface area contributed by atoms with E-state index in [0.717, 1.165) is 18.8 Å². The molecule has 1 unspecified atom stereocenters. The number of aromatic nitrogens is 2. The number of H-pyrrole nitrogens is 1. The first-order chi connectivity index (χ1) is 7.58. The van der Waals surface area contributed by atoms with Crippen LogP contribution in [-0.4, -0.2) is 41.6 Å². The Morgan fingerprint density at radius 2 is 2.25 bits per heavy atom. The summed E-state index contributed by atoms with van der Waals surface area (Å²) in [6.45, 7) is 5.99. The van der Waals surface area contributed by atoms with E-state index in [2.05, 4.69) is 14.9 Å². The Labute approximate surface area is 94.5 Å². The van der Waals surface area contributed by atoms with Crippen molar-refractivity contribution in [3.05, 3.63) is 27.4 Å². The standard InChI is InChI=1S/C11H17N3O2/c1-7-8(2)12-10(13-11(7)15)9-6-14(3)4-5-16-9/h9H,4-6H2,1-3H3,(H,12,13,15). The van der Waals surface area contributed by atoms with Crippen molar-refractivity contribution >= 4 is 0 Å². The van der Waals surface area contributed by atoms with Crippen molar-refractivity contribution in [2.45, 2.75) is 20.0 Å². The Balaban J connectivity index is 2.30. The minimum Gasteiger partial charge on any atom is -0.368 e. The lowest BCUT2D eigenvalue weighted by molar-refractivity contribution is -0.0257. The van der Waals surface area contributed by atoms with Gasteiger partial charge in [-0.15, -0.1) is 0 Å². The van der Waals surface area contributed by atoms with Crippen LogP contribution in [-0.2, 0) is 4.74 Å². The highest BCUT2D eigenvalue weighted by Crippen LogP contribution is 2.17. The zero-order valence-electron chi connectivity index (χ0n) is 9.91. The number of hydrogen-bond donors (Lipinski definition) is 1. The van der Waals surface area contributed by atoms with E-state index in [1.807, 2.05) is 14.0 Å². The molecule has 1 saturated heterocycles. The highest BCUT2D eigenvalue weighted by atomic mass is 16.5. The predicted molar refractivity (Wildman–Crippen MR) is 60.5 cm³/mol. The Bertz CT molecular complexity index is 441. The third-order valence-electron chi connectivity index (χ3n) is 2.99. The molecule has 2 rings (SSSR count). The van der Waals surface area contributed by atoms with E-state index in [-0.39, 0.29) is 11.7 Å². The smallest absolute Gasteiger partial charge is 0.254 e. The normalized spacial score (nSPS) is 22.3. The van der Waals surface area contributed by atoms with Crippen molar-refractivity contribution in [1.29, 1.82) is 0 Å². The number of likely N-dealkylation sites (N-methyl/N-ethyl adjacent to an activating group) is 1. The number of hydrogen-bond acceptors (Lipinski definition) is 4. The molecule has 0 amide bonds. The maximum Gasteiger partial charge on any atom is 0.254 e. The molecule has 0 spiro atoms. The zero-order chi connectivity index (χ0) is 11.7. The number of ether oxygens (including phenoxy) is 1. The van der Waals surface area contributed by atoms with Gasteiger partial charge in [-0.1, -0.05) is 0 Å². The van der Waals surface area contributed by atoms with Gasteiger partial charge in [-0.25, -0.2) is 4.98 Å². The lowest BCUT2D eigenvalue weighted by Crippen LogP contribution is -2.37. The molecule has 1 aliphatic heterocycles. The summed E-state index contributed by atoms with van der Waals surface area (Å²) in [5.41, 5.74) is 1.38. The molecule has 88 valence electrons. The fraction of sp³-hybridized carbons (Fsp3) is 0.636. The third-order valence-corrected chi connectivity index (χ3v) is 2.99. The number of aryl methyl sites for hydroxylation is 1. The van der Waals surface area contributed by atoms with E-state index >= 15 is 0 Å². The first-order valence-electron chi connectivity index (χ1n) is 5.45. The van der Waals surface area contributed by atoms with Crippen molar-refractivity contribution in [3.63, 3.8) is 0 Å². The summed E-state index contributed by atoms with van der Waals surface area (Å²) in [6, 6.07) is 0. The summed E-state index contributed by atoms with van der Waals surface area (Å²) in [5.74, 6) is 0.639. The van der Waals surface area contributed by atoms with Crippen molar-refractivity contribution in [2.75, 3.05) is 26.7 Å². The largest absolute Gasteiger partial charge is 0.368 e. The molecule has 16 heavy (non-hydrogen) atoms. The van der Waals surface area contributed by atoms with Gasteiger partial charge in [0, 0.05) is 24.3 Å². The van der Waals surface area contributed by atoms with Gasteiger partial charge in [0.2, 0.25) is 0 Å². The fourth-order valence-electron chi connectivity index (χ4n) is 1.76. The third kappa shape index (κ3) is 2.15. The summed E-state index contributed by atoms with van der Waals surface area (Å²) in [7, 11) is 2.04. The van der Waals surface area contributed by atoms with Crippen LogP contribution in [0.25, 0.3) is 0 Å². The van der Waals surface area contributed by atoms with Gasteiger partial charge in [0.1, 0.15) is 11.9 Å². The molecule has 1 fully saturated rings. The lowest BCUT2D eigenvalue weighted by atomic mass is 10.2. The van der Waals surface area contributed by atoms with Crippen LogP contribution < -0.4 is 5.56 Å². The molecule has 0 saturated carbocycles. The van der Waals surface area contributed by atoms with E-state index in [1.165, 1.54) is 0 Å². The number of nitrogens with one attached hydrogen (secondary N) is 1. The van der Waals surface area contributed by atoms with E-state index < -0.39 is 0 Å². The molecule has 5 nitrogen and oxygen atoms in total. The number of morpholine rings is 1. The van der Waals surface area contributed by atoms with Crippen LogP contribution in [0.4, 0.5) is 0 Å². The molecular weight excluding hydrogens is 206 g/mol. The van der Waals surface area contributed by atoms with E-state index in [4.69, 9.17) is 4.74 Å². The summed E-state index contributed by atoms with van der Waals surface area (Å²) in [4.78, 5) is 21.0. The highest BCUT2D eigenvalue weighted by Gasteiger charge is 2.22. The molecule has 5 heteroatoms. The second-order valence-corrected chi connectivity index (χ2v) is 4.28. The molecule has 0 bridgehead atoms. The Morgan fingerprint density at radius 1 is 1.50 bits per heavy atom. The number of rotatable bonds is 1. The van der Waals surface area contributed by atoms with Crippen LogP contribution in [0.15, 0.2) is 4.79 Å². The Hall–Kier alpha value is -1.20. The second kappa shape index (κ2) is 4.35. The number of nitrogens with zero attached hydrogens (tertiary/aromatic N) is 2. The van der Waals surface area contributed by atoms with Crippen molar-refractivity contribution in [1.82, 2.24) is 14.9 Å². The predicted octanol–water partition coefficient (Wildman–Crippen LogP) is 0.390. The average molecular weight is 223 g/mol. The zero-order valence-corrected chi connectivity index (χ0v) is 9.91. The van der Waals surface area contributed by atoms with Crippen molar-refractivity contribution in [3.8, 4) is 0 Å². The molecule has 0 radical (unpaired) electrons. The van der Waals surface area contributed by atoms with Crippen LogP contribution in [0.5, 0.6) is 0 Å². The van der Waals surface area contributed by atoms with Crippen LogP contribution in [0.2, 0.25) is 0 Å². The maximum absolute atomic E-state index is 11.6. The highest BCUT2D eigenvalue weighted by molar-refractivity contribution is 5.15. The molecule has 1 atom stereocenters. The van der Waals surface area contributed by atoms with E-state index in [9.17, 15) is 4.79 Å². The molecule has 1 aliphatic rings. The minimum atomic E-state index is -0.120. The van der Waals surface area contributed by atoms with Crippen molar-refractivity contribution in [2.24, 2.45) is 0 Å². The Morgan fingerprint density at radius 3 is 2.88 bits per heavy atom. The summed E-state index contributed by atoms with van der Waals surface area (Å²) in [5, 5.41) is 0. The van der Waals surface area contributed by atoms with Crippen LogP contribution in [0.1, 0.15) is 23.2 Å². The van der Waals surface area contributed by atoms with Crippen molar-refractivity contribution < 1.29 is 4.74 Å². The first kappa shape index (κ1) is 11.3. The Kier molecular flexibility index (Phi) is 3.07. The van der Waals surface area contributed by atoms with Gasteiger partial charge >= 0.3 is 0 Å². The first-order valence-corrected chi connectivity index (χ1v) is 5.45. The molecule has 1 aromatic heterocycles. The molecule has 0 aliphatic carbocycles. The molecular formula is C11H17N3O2. The average Bonchev–Trinajstić information content (AvgIpc) is 2.25. The fourth-order valence-corrected chi connectivity index (χ4v) is 1.76. The summed E-state index contributed by atoms with van der Waals surface area (Å²) in [6.07, 6.45) is -0.120. The quantitative estimate of drug-likeness (QED) is 0.748. The topological polar surface area (TPSA) is 58.2 Å². The van der Waals surface area contributed by atoms with Gasteiger partial charge in [-0.3, -0.25) is 4.79 Å². The van der Waals surface area contributed by atoms with E-state index in [1.54, 1.807) is 6.92 Å². The molecule has 0 aromatic carbocycles. The molecule has 2 heterocycles. The van der Waals surface area contributed by atoms with Gasteiger partial charge in [0.25, 0.3) is 5.56 Å². The van der Waals surface area contributed by atoms with Gasteiger partial charge in [-0.05, 0) is 20.9 Å². The van der Waals surface area contributed by atoms with Gasteiger partial charge < -0.3 is 14.6 Å². The SMILES string of the molecule is Cc1nc(C2CN(C)CCO2)[nH]c(=O)c1C. The number of aromatic amines is 1. The van der Waals surface area contributed by atoms with Crippen LogP contribution in [0, 0.1) is 13.8 Å².